The molecule has 0 radical (unpaired) electrons. The van der Waals surface area contributed by atoms with Gasteiger partial charge >= 0.3 is 5.69 Å². The minimum Gasteiger partial charge on any atom is -0.358 e. The lowest BCUT2D eigenvalue weighted by Gasteiger charge is -1.99. The van der Waals surface area contributed by atoms with Gasteiger partial charge in [-0.15, -0.1) is 16.4 Å². The first-order valence-corrected chi connectivity index (χ1v) is 5.71. The zero-order chi connectivity index (χ0) is 12.4. The molecule has 90 valence electrons. The summed E-state index contributed by atoms with van der Waals surface area (Å²) in [6.45, 7) is 2.40. The molecule has 0 aliphatic rings. The van der Waals surface area contributed by atoms with Crippen LogP contribution in [0.4, 0.5) is 11.5 Å². The largest absolute Gasteiger partial charge is 0.358 e. The van der Waals surface area contributed by atoms with Gasteiger partial charge in [-0.1, -0.05) is 0 Å². The summed E-state index contributed by atoms with van der Waals surface area (Å²) in [7, 11) is 1.65. The van der Waals surface area contributed by atoms with Crippen molar-refractivity contribution in [2.45, 2.75) is 13.5 Å². The Morgan fingerprint density at radius 1 is 1.65 bits per heavy atom. The van der Waals surface area contributed by atoms with E-state index in [9.17, 15) is 10.1 Å². The molecule has 0 unspecified atom stereocenters. The molecule has 2 heterocycles. The van der Waals surface area contributed by atoms with Crippen molar-refractivity contribution >= 4 is 22.8 Å². The van der Waals surface area contributed by atoms with Crippen LogP contribution >= 0.6 is 11.3 Å². The van der Waals surface area contributed by atoms with Crippen LogP contribution in [0, 0.1) is 17.0 Å². The van der Waals surface area contributed by atoms with Gasteiger partial charge in [0.2, 0.25) is 5.82 Å². The summed E-state index contributed by atoms with van der Waals surface area (Å²) in [5, 5.41) is 18.7. The Balaban J connectivity index is 2.11. The van der Waals surface area contributed by atoms with Crippen molar-refractivity contribution in [3.8, 4) is 0 Å². The number of nitrogens with zero attached hydrogens (tertiary/aromatic N) is 4. The molecule has 0 saturated heterocycles. The van der Waals surface area contributed by atoms with Gasteiger partial charge < -0.3 is 5.32 Å². The predicted molar refractivity (Wildman–Crippen MR) is 64.0 cm³/mol. The summed E-state index contributed by atoms with van der Waals surface area (Å²) < 4.78 is 1.42. The van der Waals surface area contributed by atoms with Crippen LogP contribution < -0.4 is 5.32 Å². The molecule has 2 aromatic rings. The van der Waals surface area contributed by atoms with Crippen LogP contribution in [-0.2, 0) is 13.6 Å². The van der Waals surface area contributed by atoms with Crippen LogP contribution in [0.2, 0.25) is 0 Å². The van der Waals surface area contributed by atoms with E-state index in [-0.39, 0.29) is 11.5 Å². The van der Waals surface area contributed by atoms with Crippen molar-refractivity contribution in [2.24, 2.45) is 7.05 Å². The number of aryl methyl sites for hydroxylation is 2. The molecule has 0 fully saturated rings. The Bertz CT molecular complexity index is 547. The fourth-order valence-electron chi connectivity index (χ4n) is 1.39. The maximum Gasteiger partial charge on any atom is 0.330 e. The van der Waals surface area contributed by atoms with Crippen LogP contribution in [0.5, 0.6) is 0 Å². The van der Waals surface area contributed by atoms with Crippen molar-refractivity contribution in [3.63, 3.8) is 0 Å². The van der Waals surface area contributed by atoms with E-state index in [0.717, 1.165) is 9.88 Å². The number of thiazole rings is 1. The third-order valence-electron chi connectivity index (χ3n) is 2.11. The zero-order valence-corrected chi connectivity index (χ0v) is 10.2. The Morgan fingerprint density at radius 2 is 2.41 bits per heavy atom. The quantitative estimate of drug-likeness (QED) is 0.662. The van der Waals surface area contributed by atoms with Crippen molar-refractivity contribution in [2.75, 3.05) is 5.32 Å². The maximum atomic E-state index is 10.8. The molecular weight excluding hydrogens is 242 g/mol. The molecule has 1 N–H and O–H groups in total. The highest BCUT2D eigenvalue weighted by Gasteiger charge is 2.17. The molecule has 2 rings (SSSR count). The molecule has 8 heteroatoms. The Hall–Kier alpha value is -1.96. The smallest absolute Gasteiger partial charge is 0.330 e. The first-order chi connectivity index (χ1) is 8.06. The average molecular weight is 253 g/mol. The van der Waals surface area contributed by atoms with Gasteiger partial charge in [-0.3, -0.25) is 14.8 Å². The molecule has 0 saturated carbocycles. The van der Waals surface area contributed by atoms with Crippen molar-refractivity contribution < 1.29 is 4.92 Å². The van der Waals surface area contributed by atoms with E-state index < -0.39 is 4.92 Å². The van der Waals surface area contributed by atoms with Gasteiger partial charge in [0, 0.05) is 18.1 Å². The molecular formula is C9H11N5O2S. The summed E-state index contributed by atoms with van der Waals surface area (Å²) in [6, 6.07) is 0. The molecule has 0 aliphatic carbocycles. The highest BCUT2D eigenvalue weighted by Crippen LogP contribution is 2.22. The average Bonchev–Trinajstić information content (AvgIpc) is 2.82. The van der Waals surface area contributed by atoms with E-state index in [1.807, 2.05) is 6.92 Å². The van der Waals surface area contributed by atoms with Gasteiger partial charge in [-0.25, -0.2) is 4.98 Å². The number of anilines is 1. The molecule has 0 atom stereocenters. The Kier molecular flexibility index (Phi) is 3.05. The second kappa shape index (κ2) is 4.50. The Morgan fingerprint density at radius 3 is 3.00 bits per heavy atom. The lowest BCUT2D eigenvalue weighted by atomic mass is 10.5. The standard InChI is InChI=1S/C9H11N5O2S/c1-6-10-3-7(17-6)4-11-9-8(14(15)16)5-13(2)12-9/h3,5H,4H2,1-2H3,(H,11,12). The second-order valence-corrected chi connectivity index (χ2v) is 4.81. The van der Waals surface area contributed by atoms with E-state index >= 15 is 0 Å². The van der Waals surface area contributed by atoms with E-state index in [0.29, 0.717) is 6.54 Å². The first kappa shape index (κ1) is 11.5. The minimum atomic E-state index is -0.451. The normalized spacial score (nSPS) is 10.5. The van der Waals surface area contributed by atoms with E-state index in [1.54, 1.807) is 24.6 Å². The number of hydrogen-bond acceptors (Lipinski definition) is 6. The van der Waals surface area contributed by atoms with Crippen molar-refractivity contribution in [1.29, 1.82) is 0 Å². The van der Waals surface area contributed by atoms with Crippen LogP contribution in [0.15, 0.2) is 12.4 Å². The van der Waals surface area contributed by atoms with Gasteiger partial charge in [0.1, 0.15) is 6.20 Å². The van der Waals surface area contributed by atoms with Gasteiger partial charge in [-0.2, -0.15) is 0 Å². The van der Waals surface area contributed by atoms with Crippen LogP contribution in [0.1, 0.15) is 9.88 Å². The van der Waals surface area contributed by atoms with Gasteiger partial charge in [0.15, 0.2) is 0 Å². The number of nitro groups is 1. The van der Waals surface area contributed by atoms with Gasteiger partial charge in [0.05, 0.1) is 16.5 Å². The van der Waals surface area contributed by atoms with Crippen LogP contribution in [0.3, 0.4) is 0 Å². The summed E-state index contributed by atoms with van der Waals surface area (Å²) in [6.07, 6.45) is 3.13. The first-order valence-electron chi connectivity index (χ1n) is 4.89. The lowest BCUT2D eigenvalue weighted by molar-refractivity contribution is -0.384. The van der Waals surface area contributed by atoms with E-state index in [1.165, 1.54) is 10.9 Å². The number of hydrogen-bond donors (Lipinski definition) is 1. The topological polar surface area (TPSA) is 85.9 Å². The summed E-state index contributed by atoms with van der Waals surface area (Å²) in [5.74, 6) is 0.281. The highest BCUT2D eigenvalue weighted by molar-refractivity contribution is 7.11. The lowest BCUT2D eigenvalue weighted by Crippen LogP contribution is -2.01. The number of rotatable bonds is 4. The van der Waals surface area contributed by atoms with Crippen molar-refractivity contribution in [3.05, 3.63) is 32.4 Å². The molecule has 0 bridgehead atoms. The third kappa shape index (κ3) is 2.59. The number of aromatic nitrogens is 3. The molecule has 7 nitrogen and oxygen atoms in total. The van der Waals surface area contributed by atoms with E-state index in [2.05, 4.69) is 15.4 Å². The predicted octanol–water partition coefficient (Wildman–Crippen LogP) is 1.71. The molecule has 2 aromatic heterocycles. The monoisotopic (exact) mass is 253 g/mol. The molecule has 17 heavy (non-hydrogen) atoms. The summed E-state index contributed by atoms with van der Waals surface area (Å²) in [5.41, 5.74) is -0.0197. The highest BCUT2D eigenvalue weighted by atomic mass is 32.1. The second-order valence-electron chi connectivity index (χ2n) is 3.49. The molecule has 0 aromatic carbocycles. The summed E-state index contributed by atoms with van der Waals surface area (Å²) in [4.78, 5) is 15.4. The molecule has 0 amide bonds. The SMILES string of the molecule is Cc1ncc(CNc2nn(C)cc2[N+](=O)[O-])s1. The summed E-state index contributed by atoms with van der Waals surface area (Å²) >= 11 is 1.55. The van der Waals surface area contributed by atoms with E-state index in [4.69, 9.17) is 0 Å². The minimum absolute atomic E-state index is 0.0197. The van der Waals surface area contributed by atoms with Crippen molar-refractivity contribution in [1.82, 2.24) is 14.8 Å². The zero-order valence-electron chi connectivity index (χ0n) is 9.38. The van der Waals surface area contributed by atoms with Gasteiger partial charge in [-0.05, 0) is 6.92 Å². The van der Waals surface area contributed by atoms with Crippen LogP contribution in [-0.4, -0.2) is 19.7 Å². The fraction of sp³-hybridized carbons (Fsp3) is 0.333. The maximum absolute atomic E-state index is 10.8. The van der Waals surface area contributed by atoms with Gasteiger partial charge in [0.25, 0.3) is 0 Å². The third-order valence-corrected chi connectivity index (χ3v) is 3.02. The molecule has 0 aliphatic heterocycles. The Labute approximate surface area is 101 Å². The van der Waals surface area contributed by atoms with Crippen LogP contribution in [0.25, 0.3) is 0 Å². The molecule has 0 spiro atoms. The number of nitrogens with one attached hydrogen (secondary N) is 1. The fourth-order valence-corrected chi connectivity index (χ4v) is 2.13.